The molecule has 4 heteroatoms. The van der Waals surface area contributed by atoms with E-state index in [0.717, 1.165) is 27.8 Å². The van der Waals surface area contributed by atoms with Gasteiger partial charge in [-0.1, -0.05) is 42.5 Å². The number of hydrogen-bond donors (Lipinski definition) is 0. The van der Waals surface area contributed by atoms with Crippen LogP contribution in [0.25, 0.3) is 44.5 Å². The van der Waals surface area contributed by atoms with Crippen molar-refractivity contribution >= 4 is 22.1 Å². The first-order chi connectivity index (χ1) is 17.0. The maximum Gasteiger partial charge on any atom is 0.153 e. The zero-order valence-electron chi connectivity index (χ0n) is 19.5. The van der Waals surface area contributed by atoms with Gasteiger partial charge in [0.05, 0.1) is 5.69 Å². The van der Waals surface area contributed by atoms with E-state index in [1.807, 2.05) is 48.5 Å². The number of pyridine rings is 2. The Bertz CT molecular complexity index is 1680. The summed E-state index contributed by atoms with van der Waals surface area (Å²) in [5.74, 6) is -0.274. The molecule has 0 bridgehead atoms. The number of aromatic nitrogens is 2. The van der Waals surface area contributed by atoms with E-state index in [0.29, 0.717) is 27.9 Å². The largest absolute Gasteiger partial charge is 0.454 e. The summed E-state index contributed by atoms with van der Waals surface area (Å²) < 4.78 is 36.7. The molecule has 3 heterocycles. The van der Waals surface area contributed by atoms with E-state index in [1.54, 1.807) is 42.6 Å². The van der Waals surface area contributed by atoms with E-state index in [1.165, 1.54) is 12.1 Å². The van der Waals surface area contributed by atoms with E-state index in [9.17, 15) is 4.39 Å². The molecule has 3 aromatic heterocycles. The third kappa shape index (κ3) is 3.76. The molecule has 6 aromatic rings. The number of nitrogens with zero attached hydrogens (tertiary/aromatic N) is 2. The SMILES string of the molecule is [2H]C([2H])(c1ccccc1)c1ccc2oc3ccc(-c4cc(-c5ccc(F)cc5)ccn4)cc3c2n1. The molecule has 0 saturated heterocycles. The Balaban J connectivity index is 1.45. The fourth-order valence-corrected chi connectivity index (χ4v) is 3.95. The van der Waals surface area contributed by atoms with Gasteiger partial charge in [0.1, 0.15) is 16.9 Å². The second-order valence-electron chi connectivity index (χ2n) is 7.78. The van der Waals surface area contributed by atoms with Crippen molar-refractivity contribution in [1.29, 1.82) is 0 Å². The van der Waals surface area contributed by atoms with Gasteiger partial charge in [-0.15, -0.1) is 0 Å². The van der Waals surface area contributed by atoms with Crippen LogP contribution in [0.1, 0.15) is 14.0 Å². The molecule has 0 spiro atoms. The maximum atomic E-state index is 13.3. The highest BCUT2D eigenvalue weighted by molar-refractivity contribution is 6.04. The molecule has 0 fully saturated rings. The number of rotatable bonds is 4. The normalized spacial score (nSPS) is 12.6. The number of hydrogen-bond acceptors (Lipinski definition) is 3. The Labute approximate surface area is 193 Å². The van der Waals surface area contributed by atoms with Gasteiger partial charge in [0.25, 0.3) is 0 Å². The average molecular weight is 432 g/mol. The number of fused-ring (bicyclic) bond motifs is 3. The number of benzene rings is 3. The lowest BCUT2D eigenvalue weighted by Crippen LogP contribution is -1.91. The summed E-state index contributed by atoms with van der Waals surface area (Å²) in [7, 11) is 0. The molecule has 0 N–H and O–H groups in total. The van der Waals surface area contributed by atoms with Crippen LogP contribution in [0.15, 0.2) is 108 Å². The third-order valence-electron chi connectivity index (χ3n) is 5.59. The average Bonchev–Trinajstić information content (AvgIpc) is 3.27. The van der Waals surface area contributed by atoms with Gasteiger partial charge in [0, 0.05) is 32.0 Å². The molecule has 0 radical (unpaired) electrons. The van der Waals surface area contributed by atoms with E-state index >= 15 is 0 Å². The van der Waals surface area contributed by atoms with Gasteiger partial charge in [-0.05, 0) is 71.3 Å². The smallest absolute Gasteiger partial charge is 0.153 e. The predicted octanol–water partition coefficient (Wildman–Crippen LogP) is 7.44. The topological polar surface area (TPSA) is 38.9 Å². The molecule has 3 nitrogen and oxygen atoms in total. The van der Waals surface area contributed by atoms with Gasteiger partial charge in [-0.3, -0.25) is 4.98 Å². The molecule has 0 aliphatic heterocycles. The Morgan fingerprint density at radius 3 is 2.39 bits per heavy atom. The lowest BCUT2D eigenvalue weighted by molar-refractivity contribution is 0.628. The summed E-state index contributed by atoms with van der Waals surface area (Å²) in [6.07, 6.45) is -0.0157. The minimum absolute atomic E-state index is 0.274. The Hall–Kier alpha value is -4.31. The zero-order valence-corrected chi connectivity index (χ0v) is 17.5. The number of furan rings is 1. The molecule has 3 aromatic carbocycles. The van der Waals surface area contributed by atoms with E-state index in [4.69, 9.17) is 12.1 Å². The predicted molar refractivity (Wildman–Crippen MR) is 129 cm³/mol. The molecule has 158 valence electrons. The van der Waals surface area contributed by atoms with E-state index in [2.05, 4.69) is 4.98 Å². The van der Waals surface area contributed by atoms with Crippen LogP contribution in [-0.2, 0) is 6.37 Å². The molecule has 0 unspecified atom stereocenters. The molecule has 0 amide bonds. The van der Waals surface area contributed by atoms with Gasteiger partial charge in [-0.25, -0.2) is 9.37 Å². The maximum absolute atomic E-state index is 13.3. The molecule has 0 aliphatic carbocycles. The molecular weight excluding hydrogens is 411 g/mol. The van der Waals surface area contributed by atoms with Crippen LogP contribution < -0.4 is 0 Å². The fourth-order valence-electron chi connectivity index (χ4n) is 3.95. The molecule has 0 atom stereocenters. The fraction of sp³-hybridized carbons (Fsp3) is 0.0345. The minimum atomic E-state index is -1.75. The molecule has 0 saturated carbocycles. The van der Waals surface area contributed by atoms with Crippen molar-refractivity contribution in [3.8, 4) is 22.4 Å². The van der Waals surface area contributed by atoms with Crippen LogP contribution in [-0.4, -0.2) is 9.97 Å². The van der Waals surface area contributed by atoms with Crippen molar-refractivity contribution in [3.63, 3.8) is 0 Å². The van der Waals surface area contributed by atoms with Crippen LogP contribution in [0.2, 0.25) is 0 Å². The summed E-state index contributed by atoms with van der Waals surface area (Å²) >= 11 is 0. The van der Waals surface area contributed by atoms with Gasteiger partial charge in [0.15, 0.2) is 5.58 Å². The summed E-state index contributed by atoms with van der Waals surface area (Å²) in [4.78, 5) is 9.23. The molecule has 0 aliphatic rings. The first-order valence-electron chi connectivity index (χ1n) is 11.6. The Morgan fingerprint density at radius 2 is 1.55 bits per heavy atom. The highest BCUT2D eigenvalue weighted by Gasteiger charge is 2.12. The highest BCUT2D eigenvalue weighted by atomic mass is 19.1. The molecular formula is C29H19FN2O. The van der Waals surface area contributed by atoms with Crippen molar-refractivity contribution in [2.45, 2.75) is 6.37 Å². The first kappa shape index (κ1) is 17.3. The monoisotopic (exact) mass is 432 g/mol. The quantitative estimate of drug-likeness (QED) is 0.291. The highest BCUT2D eigenvalue weighted by Crippen LogP contribution is 2.32. The lowest BCUT2D eigenvalue weighted by Gasteiger charge is -2.06. The Kier molecular flexibility index (Phi) is 4.18. The summed E-state index contributed by atoms with van der Waals surface area (Å²) in [5, 5.41) is 0.789. The van der Waals surface area contributed by atoms with Gasteiger partial charge in [-0.2, -0.15) is 0 Å². The molecule has 33 heavy (non-hydrogen) atoms. The van der Waals surface area contributed by atoms with Gasteiger partial charge < -0.3 is 4.42 Å². The summed E-state index contributed by atoms with van der Waals surface area (Å²) in [5.41, 5.74) is 6.21. The van der Waals surface area contributed by atoms with Crippen LogP contribution in [0.4, 0.5) is 4.39 Å². The summed E-state index contributed by atoms with van der Waals surface area (Å²) in [6.45, 7) is 0. The zero-order chi connectivity index (χ0) is 24.0. The van der Waals surface area contributed by atoms with Crippen LogP contribution in [0.5, 0.6) is 0 Å². The van der Waals surface area contributed by atoms with E-state index in [-0.39, 0.29) is 5.82 Å². The van der Waals surface area contributed by atoms with Crippen molar-refractivity contribution in [2.75, 3.05) is 0 Å². The van der Waals surface area contributed by atoms with Crippen molar-refractivity contribution in [2.24, 2.45) is 0 Å². The minimum Gasteiger partial charge on any atom is -0.454 e. The van der Waals surface area contributed by atoms with Crippen LogP contribution >= 0.6 is 0 Å². The first-order valence-corrected chi connectivity index (χ1v) is 10.6. The van der Waals surface area contributed by atoms with Crippen LogP contribution in [0, 0.1) is 5.82 Å². The second-order valence-corrected chi connectivity index (χ2v) is 7.78. The molecule has 6 rings (SSSR count). The van der Waals surface area contributed by atoms with Crippen molar-refractivity contribution < 1.29 is 11.5 Å². The van der Waals surface area contributed by atoms with Gasteiger partial charge >= 0.3 is 0 Å². The van der Waals surface area contributed by atoms with Crippen molar-refractivity contribution in [1.82, 2.24) is 9.97 Å². The Morgan fingerprint density at radius 1 is 0.758 bits per heavy atom. The van der Waals surface area contributed by atoms with E-state index < -0.39 is 6.37 Å². The summed E-state index contributed by atoms with van der Waals surface area (Å²) in [6, 6.07) is 28.5. The standard InChI is InChI=1S/C29H19FN2O/c30-23-9-6-20(7-10-23)21-14-15-31-26(18-21)22-8-12-27-25(17-22)29-28(33-27)13-11-24(32-29)16-19-4-2-1-3-5-19/h1-15,17-18H,16H2/i16D2. The third-order valence-corrected chi connectivity index (χ3v) is 5.59. The number of halogens is 1. The lowest BCUT2D eigenvalue weighted by atomic mass is 10.0. The van der Waals surface area contributed by atoms with Crippen molar-refractivity contribution in [3.05, 3.63) is 120 Å². The van der Waals surface area contributed by atoms with Crippen LogP contribution in [0.3, 0.4) is 0 Å². The second kappa shape index (κ2) is 7.99. The van der Waals surface area contributed by atoms with Gasteiger partial charge in [0.2, 0.25) is 0 Å².